The lowest BCUT2D eigenvalue weighted by atomic mass is 10.2. The summed E-state index contributed by atoms with van der Waals surface area (Å²) in [5.74, 6) is 0. The Morgan fingerprint density at radius 2 is 1.88 bits per heavy atom. The zero-order valence-electron chi connectivity index (χ0n) is 10.4. The average molecular weight is 221 g/mol. The van der Waals surface area contributed by atoms with Gasteiger partial charge in [0, 0.05) is 12.6 Å². The van der Waals surface area contributed by atoms with Crippen molar-refractivity contribution in [2.45, 2.75) is 32.7 Å². The third-order valence-corrected chi connectivity index (χ3v) is 2.40. The molecule has 16 heavy (non-hydrogen) atoms. The fourth-order valence-electron chi connectivity index (χ4n) is 1.50. The van der Waals surface area contributed by atoms with Crippen molar-refractivity contribution in [2.24, 2.45) is 0 Å². The van der Waals surface area contributed by atoms with Crippen LogP contribution in [0.25, 0.3) is 0 Å². The second-order valence-corrected chi connectivity index (χ2v) is 4.31. The Labute approximate surface area is 99.0 Å². The number of ether oxygens (including phenoxy) is 1. The van der Waals surface area contributed by atoms with Gasteiger partial charge < -0.3 is 10.1 Å². The van der Waals surface area contributed by atoms with Gasteiger partial charge >= 0.3 is 0 Å². The predicted octanol–water partition coefficient (Wildman–Crippen LogP) is 2.63. The molecule has 0 aliphatic rings. The molecule has 1 aromatic carbocycles. The summed E-state index contributed by atoms with van der Waals surface area (Å²) in [6, 6.07) is 11.0. The van der Waals surface area contributed by atoms with Crippen molar-refractivity contribution < 1.29 is 4.74 Å². The highest BCUT2D eigenvalue weighted by atomic mass is 16.5. The van der Waals surface area contributed by atoms with Crippen LogP contribution >= 0.6 is 0 Å². The summed E-state index contributed by atoms with van der Waals surface area (Å²) in [5.41, 5.74) is 1.35. The van der Waals surface area contributed by atoms with E-state index in [0.717, 1.165) is 32.6 Å². The van der Waals surface area contributed by atoms with Gasteiger partial charge in [-0.2, -0.15) is 0 Å². The molecule has 0 spiro atoms. The number of hydrogen-bond acceptors (Lipinski definition) is 2. The van der Waals surface area contributed by atoms with Crippen molar-refractivity contribution in [3.05, 3.63) is 35.9 Å². The first-order valence-electron chi connectivity index (χ1n) is 6.14. The minimum Gasteiger partial charge on any atom is -0.381 e. The molecule has 2 heteroatoms. The average Bonchev–Trinajstić information content (AvgIpc) is 2.29. The molecule has 0 atom stereocenters. The Morgan fingerprint density at radius 3 is 2.56 bits per heavy atom. The lowest BCUT2D eigenvalue weighted by molar-refractivity contribution is 0.134. The number of benzene rings is 1. The van der Waals surface area contributed by atoms with Crippen LogP contribution in [-0.2, 0) is 11.2 Å². The highest BCUT2D eigenvalue weighted by molar-refractivity contribution is 5.14. The van der Waals surface area contributed by atoms with Gasteiger partial charge in [-0.3, -0.25) is 0 Å². The van der Waals surface area contributed by atoms with Crippen LogP contribution in [0.3, 0.4) is 0 Å². The van der Waals surface area contributed by atoms with E-state index < -0.39 is 0 Å². The molecule has 0 heterocycles. The maximum Gasteiger partial charge on any atom is 0.0506 e. The molecule has 0 radical (unpaired) electrons. The second-order valence-electron chi connectivity index (χ2n) is 4.31. The molecule has 0 aliphatic heterocycles. The Bertz CT molecular complexity index is 259. The number of hydrogen-bond donors (Lipinski definition) is 1. The van der Waals surface area contributed by atoms with Crippen LogP contribution < -0.4 is 5.32 Å². The summed E-state index contributed by atoms with van der Waals surface area (Å²) in [6.07, 6.45) is 2.10. The van der Waals surface area contributed by atoms with Crippen molar-refractivity contribution in [3.63, 3.8) is 0 Å². The molecule has 0 aromatic heterocycles. The summed E-state index contributed by atoms with van der Waals surface area (Å²) in [5, 5.41) is 3.37. The molecule has 0 unspecified atom stereocenters. The zero-order chi connectivity index (χ0) is 11.6. The summed E-state index contributed by atoms with van der Waals surface area (Å²) in [6.45, 7) is 7.05. The third-order valence-electron chi connectivity index (χ3n) is 2.40. The van der Waals surface area contributed by atoms with Crippen LogP contribution in [0.2, 0.25) is 0 Å². The van der Waals surface area contributed by atoms with Gasteiger partial charge in [-0.25, -0.2) is 0 Å². The van der Waals surface area contributed by atoms with Gasteiger partial charge in [0.15, 0.2) is 0 Å². The van der Waals surface area contributed by atoms with E-state index >= 15 is 0 Å². The van der Waals surface area contributed by atoms with Gasteiger partial charge in [0.1, 0.15) is 0 Å². The highest BCUT2D eigenvalue weighted by Gasteiger charge is 1.94. The summed E-state index contributed by atoms with van der Waals surface area (Å²) in [7, 11) is 0. The summed E-state index contributed by atoms with van der Waals surface area (Å²) < 4.78 is 5.58. The van der Waals surface area contributed by atoms with E-state index in [1.165, 1.54) is 5.56 Å². The molecular formula is C14H23NO. The van der Waals surface area contributed by atoms with E-state index in [1.54, 1.807) is 0 Å². The van der Waals surface area contributed by atoms with Crippen molar-refractivity contribution in [3.8, 4) is 0 Å². The smallest absolute Gasteiger partial charge is 0.0506 e. The zero-order valence-corrected chi connectivity index (χ0v) is 10.4. The van der Waals surface area contributed by atoms with Crippen LogP contribution in [0.1, 0.15) is 25.8 Å². The SMILES string of the molecule is CC(C)NCCCOCCc1ccccc1. The minimum absolute atomic E-state index is 0.573. The monoisotopic (exact) mass is 221 g/mol. The molecule has 0 fully saturated rings. The van der Waals surface area contributed by atoms with E-state index in [1.807, 2.05) is 6.07 Å². The molecule has 1 N–H and O–H groups in total. The number of nitrogens with one attached hydrogen (secondary N) is 1. The molecular weight excluding hydrogens is 198 g/mol. The van der Waals surface area contributed by atoms with Crippen LogP contribution in [0, 0.1) is 0 Å². The largest absolute Gasteiger partial charge is 0.381 e. The Balaban J connectivity index is 1.93. The third kappa shape index (κ3) is 6.59. The quantitative estimate of drug-likeness (QED) is 0.681. The Kier molecular flexibility index (Phi) is 6.86. The maximum absolute atomic E-state index is 5.58. The maximum atomic E-state index is 5.58. The highest BCUT2D eigenvalue weighted by Crippen LogP contribution is 1.99. The summed E-state index contributed by atoms with van der Waals surface area (Å²) in [4.78, 5) is 0. The lowest BCUT2D eigenvalue weighted by Gasteiger charge is -2.08. The summed E-state index contributed by atoms with van der Waals surface area (Å²) >= 11 is 0. The molecule has 90 valence electrons. The van der Waals surface area contributed by atoms with Crippen LogP contribution in [0.5, 0.6) is 0 Å². The van der Waals surface area contributed by atoms with Gasteiger partial charge in [0.2, 0.25) is 0 Å². The van der Waals surface area contributed by atoms with Crippen LogP contribution in [0.15, 0.2) is 30.3 Å². The van der Waals surface area contributed by atoms with Gasteiger partial charge in [-0.15, -0.1) is 0 Å². The van der Waals surface area contributed by atoms with Gasteiger partial charge in [-0.1, -0.05) is 44.2 Å². The van der Waals surface area contributed by atoms with E-state index in [4.69, 9.17) is 4.74 Å². The van der Waals surface area contributed by atoms with Crippen LogP contribution in [-0.4, -0.2) is 25.8 Å². The molecule has 0 aliphatic carbocycles. The molecule has 0 amide bonds. The molecule has 0 saturated carbocycles. The van der Waals surface area contributed by atoms with Crippen LogP contribution in [0.4, 0.5) is 0 Å². The normalized spacial score (nSPS) is 10.9. The fourth-order valence-corrected chi connectivity index (χ4v) is 1.50. The van der Waals surface area contributed by atoms with E-state index in [0.29, 0.717) is 6.04 Å². The Hall–Kier alpha value is -0.860. The topological polar surface area (TPSA) is 21.3 Å². The van der Waals surface area contributed by atoms with Crippen molar-refractivity contribution >= 4 is 0 Å². The molecule has 0 saturated heterocycles. The van der Waals surface area contributed by atoms with Crippen molar-refractivity contribution in [2.75, 3.05) is 19.8 Å². The first-order chi connectivity index (χ1) is 7.79. The van der Waals surface area contributed by atoms with Gasteiger partial charge in [0.05, 0.1) is 6.61 Å². The van der Waals surface area contributed by atoms with E-state index in [9.17, 15) is 0 Å². The van der Waals surface area contributed by atoms with Crippen molar-refractivity contribution in [1.82, 2.24) is 5.32 Å². The number of rotatable bonds is 8. The minimum atomic E-state index is 0.573. The second kappa shape index (κ2) is 8.31. The van der Waals surface area contributed by atoms with Gasteiger partial charge in [-0.05, 0) is 24.9 Å². The molecule has 1 rings (SSSR count). The standard InChI is InChI=1S/C14H23NO/c1-13(2)15-10-6-11-16-12-9-14-7-4-3-5-8-14/h3-5,7-8,13,15H,6,9-12H2,1-2H3. The fraction of sp³-hybridized carbons (Fsp3) is 0.571. The molecule has 2 nitrogen and oxygen atoms in total. The van der Waals surface area contributed by atoms with E-state index in [2.05, 4.69) is 43.4 Å². The van der Waals surface area contributed by atoms with Gasteiger partial charge in [0.25, 0.3) is 0 Å². The predicted molar refractivity (Wildman–Crippen MR) is 68.7 cm³/mol. The van der Waals surface area contributed by atoms with E-state index in [-0.39, 0.29) is 0 Å². The Morgan fingerprint density at radius 1 is 1.12 bits per heavy atom. The lowest BCUT2D eigenvalue weighted by Crippen LogP contribution is -2.24. The molecule has 0 bridgehead atoms. The van der Waals surface area contributed by atoms with Crippen molar-refractivity contribution in [1.29, 1.82) is 0 Å². The first-order valence-corrected chi connectivity index (χ1v) is 6.14. The first kappa shape index (κ1) is 13.2. The molecule has 1 aromatic rings.